The monoisotopic (exact) mass is 360 g/mol. The summed E-state index contributed by atoms with van der Waals surface area (Å²) >= 11 is 5.57. The second-order valence-electron chi connectivity index (χ2n) is 4.92. The third-order valence-electron chi connectivity index (χ3n) is 3.09. The Balaban J connectivity index is 1.94. The predicted molar refractivity (Wildman–Crippen MR) is 84.6 cm³/mol. The number of hydrogen-bond donors (Lipinski definition) is 2. The van der Waals surface area contributed by atoms with Crippen molar-refractivity contribution in [2.45, 2.75) is 12.6 Å². The summed E-state index contributed by atoms with van der Waals surface area (Å²) in [6.45, 7) is 0.187. The third-order valence-corrected chi connectivity index (χ3v) is 3.32. The van der Waals surface area contributed by atoms with Crippen LogP contribution in [0.2, 0.25) is 5.02 Å². The van der Waals surface area contributed by atoms with E-state index in [9.17, 15) is 22.4 Å². The summed E-state index contributed by atoms with van der Waals surface area (Å²) in [7, 11) is 0. The Morgan fingerprint density at radius 3 is 2.38 bits per heavy atom. The lowest BCUT2D eigenvalue weighted by molar-refractivity contribution is -0.137. The molecule has 2 aromatic carbocycles. The Kier molecular flexibility index (Phi) is 5.66. The van der Waals surface area contributed by atoms with Crippen LogP contribution in [0.25, 0.3) is 0 Å². The molecule has 0 bridgehead atoms. The van der Waals surface area contributed by atoms with Crippen LogP contribution >= 0.6 is 11.6 Å². The molecule has 3 nitrogen and oxygen atoms in total. The molecule has 2 rings (SSSR count). The van der Waals surface area contributed by atoms with E-state index in [4.69, 9.17) is 11.6 Å². The number of rotatable bonds is 5. The molecule has 0 saturated heterocycles. The van der Waals surface area contributed by atoms with Crippen LogP contribution in [0, 0.1) is 5.82 Å². The number of carbonyl (C=O) groups excluding carboxylic acids is 1. The van der Waals surface area contributed by atoms with E-state index >= 15 is 0 Å². The fourth-order valence-electron chi connectivity index (χ4n) is 1.96. The molecule has 0 spiro atoms. The average molecular weight is 361 g/mol. The first-order chi connectivity index (χ1) is 11.3. The Morgan fingerprint density at radius 2 is 1.75 bits per heavy atom. The highest BCUT2D eigenvalue weighted by Gasteiger charge is 2.34. The number of anilines is 2. The van der Waals surface area contributed by atoms with Gasteiger partial charge in [0, 0.05) is 23.7 Å². The molecule has 2 aromatic rings. The van der Waals surface area contributed by atoms with E-state index in [0.29, 0.717) is 5.69 Å². The lowest BCUT2D eigenvalue weighted by atomic mass is 10.1. The maximum atomic E-state index is 12.9. The Labute approximate surface area is 140 Å². The maximum absolute atomic E-state index is 12.9. The van der Waals surface area contributed by atoms with Crippen LogP contribution in [0.4, 0.5) is 28.9 Å². The number of carbonyl (C=O) groups is 1. The van der Waals surface area contributed by atoms with Crippen LogP contribution in [-0.2, 0) is 11.0 Å². The molecule has 0 saturated carbocycles. The summed E-state index contributed by atoms with van der Waals surface area (Å²) in [6, 6.07) is 8.63. The van der Waals surface area contributed by atoms with E-state index in [1.807, 2.05) is 0 Å². The van der Waals surface area contributed by atoms with Crippen molar-refractivity contribution in [1.82, 2.24) is 0 Å². The Bertz CT molecular complexity index is 717. The highest BCUT2D eigenvalue weighted by atomic mass is 35.5. The Hall–Kier alpha value is -2.28. The summed E-state index contributed by atoms with van der Waals surface area (Å²) in [5.74, 6) is -0.974. The Morgan fingerprint density at radius 1 is 1.08 bits per heavy atom. The minimum atomic E-state index is -4.63. The van der Waals surface area contributed by atoms with Gasteiger partial charge in [-0.25, -0.2) is 4.39 Å². The van der Waals surface area contributed by atoms with E-state index < -0.39 is 17.6 Å². The molecule has 0 aromatic heterocycles. The first-order valence-electron chi connectivity index (χ1n) is 6.92. The van der Waals surface area contributed by atoms with E-state index in [0.717, 1.165) is 12.1 Å². The number of nitrogens with one attached hydrogen (secondary N) is 2. The van der Waals surface area contributed by atoms with Gasteiger partial charge in [0.25, 0.3) is 0 Å². The third kappa shape index (κ3) is 5.13. The molecule has 0 atom stereocenters. The standard InChI is InChI=1S/C16H13ClF4N2O/c17-10-1-6-14(13(9-10)16(19,20)21)23-15(24)7-8-22-12-4-2-11(18)3-5-12/h1-6,9,22H,7-8H2,(H,23,24). The van der Waals surface area contributed by atoms with Crippen LogP contribution in [0.5, 0.6) is 0 Å². The van der Waals surface area contributed by atoms with Gasteiger partial charge in [-0.05, 0) is 42.5 Å². The predicted octanol–water partition coefficient (Wildman–Crippen LogP) is 4.94. The van der Waals surface area contributed by atoms with Crippen molar-refractivity contribution in [2.75, 3.05) is 17.2 Å². The quantitative estimate of drug-likeness (QED) is 0.742. The van der Waals surface area contributed by atoms with Crippen LogP contribution in [-0.4, -0.2) is 12.5 Å². The molecular formula is C16H13ClF4N2O. The van der Waals surface area contributed by atoms with Gasteiger partial charge in [0.15, 0.2) is 0 Å². The van der Waals surface area contributed by atoms with Gasteiger partial charge >= 0.3 is 6.18 Å². The van der Waals surface area contributed by atoms with Crippen molar-refractivity contribution in [3.8, 4) is 0 Å². The largest absolute Gasteiger partial charge is 0.418 e. The van der Waals surface area contributed by atoms with Crippen molar-refractivity contribution in [3.63, 3.8) is 0 Å². The second kappa shape index (κ2) is 7.53. The van der Waals surface area contributed by atoms with Gasteiger partial charge in [-0.1, -0.05) is 11.6 Å². The van der Waals surface area contributed by atoms with Gasteiger partial charge < -0.3 is 10.6 Å². The highest BCUT2D eigenvalue weighted by molar-refractivity contribution is 6.30. The molecule has 0 unspecified atom stereocenters. The van der Waals surface area contributed by atoms with Crippen molar-refractivity contribution in [1.29, 1.82) is 0 Å². The second-order valence-corrected chi connectivity index (χ2v) is 5.36. The zero-order valence-corrected chi connectivity index (χ0v) is 13.0. The minimum Gasteiger partial charge on any atom is -0.385 e. The fourth-order valence-corrected chi connectivity index (χ4v) is 2.13. The van der Waals surface area contributed by atoms with Crippen LogP contribution < -0.4 is 10.6 Å². The zero-order valence-electron chi connectivity index (χ0n) is 12.3. The van der Waals surface area contributed by atoms with E-state index in [1.54, 1.807) is 0 Å². The first kappa shape index (κ1) is 18.1. The maximum Gasteiger partial charge on any atom is 0.418 e. The molecule has 8 heteroatoms. The van der Waals surface area contributed by atoms with Crippen molar-refractivity contribution in [2.24, 2.45) is 0 Å². The molecule has 0 fully saturated rings. The van der Waals surface area contributed by atoms with Crippen LogP contribution in [0.3, 0.4) is 0 Å². The number of alkyl halides is 3. The van der Waals surface area contributed by atoms with E-state index in [-0.39, 0.29) is 29.5 Å². The molecule has 0 aliphatic carbocycles. The summed E-state index contributed by atoms with van der Waals surface area (Å²) in [6.07, 6.45) is -4.68. The molecular weight excluding hydrogens is 348 g/mol. The first-order valence-corrected chi connectivity index (χ1v) is 7.29. The minimum absolute atomic E-state index is 0.0582. The summed E-state index contributed by atoms with van der Waals surface area (Å²) < 4.78 is 51.5. The SMILES string of the molecule is O=C(CCNc1ccc(F)cc1)Nc1ccc(Cl)cc1C(F)(F)F. The van der Waals surface area contributed by atoms with Gasteiger partial charge in [-0.3, -0.25) is 4.79 Å². The lowest BCUT2D eigenvalue weighted by Crippen LogP contribution is -2.19. The number of amides is 1. The fraction of sp³-hybridized carbons (Fsp3) is 0.188. The molecule has 2 N–H and O–H groups in total. The lowest BCUT2D eigenvalue weighted by Gasteiger charge is -2.14. The van der Waals surface area contributed by atoms with E-state index in [2.05, 4.69) is 10.6 Å². The summed E-state index contributed by atoms with van der Waals surface area (Å²) in [4.78, 5) is 11.8. The summed E-state index contributed by atoms with van der Waals surface area (Å²) in [5, 5.41) is 5.02. The normalized spacial score (nSPS) is 11.2. The number of benzene rings is 2. The van der Waals surface area contributed by atoms with Gasteiger partial charge in [0.05, 0.1) is 11.3 Å². The van der Waals surface area contributed by atoms with Crippen molar-refractivity contribution >= 4 is 28.9 Å². The van der Waals surface area contributed by atoms with Gasteiger partial charge in [0.1, 0.15) is 5.82 Å². The molecule has 24 heavy (non-hydrogen) atoms. The zero-order chi connectivity index (χ0) is 17.7. The molecule has 0 radical (unpaired) electrons. The molecule has 0 aliphatic heterocycles. The number of hydrogen-bond acceptors (Lipinski definition) is 2. The van der Waals surface area contributed by atoms with Gasteiger partial charge in [-0.15, -0.1) is 0 Å². The molecule has 1 amide bonds. The smallest absolute Gasteiger partial charge is 0.385 e. The van der Waals surface area contributed by atoms with Crippen molar-refractivity contribution in [3.05, 3.63) is 58.9 Å². The summed E-state index contributed by atoms with van der Waals surface area (Å²) in [5.41, 5.74) is -0.750. The van der Waals surface area contributed by atoms with Crippen LogP contribution in [0.1, 0.15) is 12.0 Å². The van der Waals surface area contributed by atoms with Crippen molar-refractivity contribution < 1.29 is 22.4 Å². The highest BCUT2D eigenvalue weighted by Crippen LogP contribution is 2.36. The topological polar surface area (TPSA) is 41.1 Å². The van der Waals surface area contributed by atoms with Crippen LogP contribution in [0.15, 0.2) is 42.5 Å². The number of halogens is 5. The molecule has 0 heterocycles. The average Bonchev–Trinajstić information content (AvgIpc) is 2.50. The molecule has 128 valence electrons. The van der Waals surface area contributed by atoms with Gasteiger partial charge in [0.2, 0.25) is 5.91 Å². The molecule has 0 aliphatic rings. The van der Waals surface area contributed by atoms with E-state index in [1.165, 1.54) is 30.3 Å². The van der Waals surface area contributed by atoms with Gasteiger partial charge in [-0.2, -0.15) is 13.2 Å².